The van der Waals surface area contributed by atoms with Crippen LogP contribution in [0.1, 0.15) is 27.7 Å². The summed E-state index contributed by atoms with van der Waals surface area (Å²) in [5, 5.41) is 3.25. The van der Waals surface area contributed by atoms with Crippen molar-refractivity contribution in [3.8, 4) is 0 Å². The van der Waals surface area contributed by atoms with Crippen molar-refractivity contribution < 1.29 is 0 Å². The van der Waals surface area contributed by atoms with Gasteiger partial charge in [0, 0.05) is 0 Å². The van der Waals surface area contributed by atoms with Crippen LogP contribution in [0.4, 0.5) is 0 Å². The zero-order valence-electron chi connectivity index (χ0n) is 13.0. The van der Waals surface area contributed by atoms with Crippen molar-refractivity contribution >= 4 is 21.2 Å². The Bertz CT molecular complexity index is 538. The average molecular weight is 288 g/mol. The molecule has 1 aliphatic rings. The number of hydrogen-bond acceptors (Lipinski definition) is 0. The van der Waals surface area contributed by atoms with Crippen LogP contribution in [0.25, 0.3) is 0 Å². The average Bonchev–Trinajstić information content (AvgIpc) is 2.55. The molecule has 2 rings (SSSR count). The summed E-state index contributed by atoms with van der Waals surface area (Å²) in [4.78, 5) is 0. The van der Waals surface area contributed by atoms with Crippen LogP contribution in [0, 0.1) is 5.92 Å². The van der Waals surface area contributed by atoms with Gasteiger partial charge >= 0.3 is 0 Å². The molecule has 0 saturated heterocycles. The predicted octanol–water partition coefficient (Wildman–Crippen LogP) is 5.04. The van der Waals surface area contributed by atoms with Crippen molar-refractivity contribution in [2.75, 3.05) is 0 Å². The quantitative estimate of drug-likeness (QED) is 0.540. The third kappa shape index (κ3) is 2.78. The van der Waals surface area contributed by atoms with Gasteiger partial charge in [-0.2, -0.15) is 0 Å². The molecule has 0 heterocycles. The molecule has 1 aromatic rings. The van der Waals surface area contributed by atoms with E-state index in [1.54, 1.807) is 21.9 Å². The highest BCUT2D eigenvalue weighted by Crippen LogP contribution is 2.46. The molecule has 0 radical (unpaired) electrons. The minimum absolute atomic E-state index is 0.655. The minimum Gasteiger partial charge on any atom is -0.0975 e. The molecule has 102 valence electrons. The lowest BCUT2D eigenvalue weighted by atomic mass is 10.0. The molecule has 0 aromatic heterocycles. The molecule has 19 heavy (non-hydrogen) atoms. The maximum atomic E-state index is 2.53. The molecule has 1 aliphatic carbocycles. The van der Waals surface area contributed by atoms with Gasteiger partial charge in [0.1, 0.15) is 7.74 Å². The monoisotopic (exact) mass is 288 g/mol. The van der Waals surface area contributed by atoms with Gasteiger partial charge in [0.05, 0.1) is 0 Å². The van der Waals surface area contributed by atoms with Gasteiger partial charge in [-0.25, -0.2) is 0 Å². The van der Waals surface area contributed by atoms with Crippen LogP contribution < -0.4 is 5.30 Å². The van der Waals surface area contributed by atoms with Crippen LogP contribution >= 0.6 is 8.13 Å². The number of rotatable bonds is 3. The van der Waals surface area contributed by atoms with Crippen molar-refractivity contribution in [1.82, 2.24) is 0 Å². The summed E-state index contributed by atoms with van der Waals surface area (Å²) in [6.45, 7) is 14.4. The molecular formula is C17H25PSi. The highest BCUT2D eigenvalue weighted by molar-refractivity contribution is 7.88. The zero-order valence-corrected chi connectivity index (χ0v) is 15.0. The molecule has 2 atom stereocenters. The fourth-order valence-corrected chi connectivity index (χ4v) is 11.0. The highest BCUT2D eigenvalue weighted by atomic mass is 31.3. The number of allylic oxidation sites excluding steroid dienone is 4. The maximum absolute atomic E-state index is 2.53. The second kappa shape index (κ2) is 5.38. The van der Waals surface area contributed by atoms with Crippen LogP contribution in [-0.4, -0.2) is 7.74 Å². The first-order valence-corrected chi connectivity index (χ1v) is 12.1. The topological polar surface area (TPSA) is 0 Å². The van der Waals surface area contributed by atoms with Crippen molar-refractivity contribution in [2.24, 2.45) is 5.92 Å². The van der Waals surface area contributed by atoms with Crippen LogP contribution in [0.2, 0.25) is 13.1 Å². The first-order chi connectivity index (χ1) is 8.84. The van der Waals surface area contributed by atoms with Crippen molar-refractivity contribution in [3.63, 3.8) is 0 Å². The highest BCUT2D eigenvalue weighted by Gasteiger charge is 2.35. The van der Waals surface area contributed by atoms with E-state index in [9.17, 15) is 0 Å². The molecule has 2 heteroatoms. The lowest BCUT2D eigenvalue weighted by Crippen LogP contribution is -2.27. The van der Waals surface area contributed by atoms with Gasteiger partial charge in [0.2, 0.25) is 0 Å². The number of hydrogen-bond donors (Lipinski definition) is 0. The Hall–Kier alpha value is -0.653. The van der Waals surface area contributed by atoms with E-state index < -0.39 is 7.74 Å². The molecule has 0 aliphatic heterocycles. The Morgan fingerprint density at radius 3 is 2.00 bits per heavy atom. The van der Waals surface area contributed by atoms with Crippen molar-refractivity contribution in [2.45, 2.75) is 40.8 Å². The molecule has 1 aromatic carbocycles. The summed E-state index contributed by atoms with van der Waals surface area (Å²) in [7, 11) is -0.408. The van der Waals surface area contributed by atoms with Crippen LogP contribution in [0.3, 0.4) is 0 Å². The summed E-state index contributed by atoms with van der Waals surface area (Å²) < 4.78 is 0. The lowest BCUT2D eigenvalue weighted by molar-refractivity contribution is 0.816. The molecule has 0 amide bonds. The SMILES string of the molecule is CC1=C(C)C(C)C(C)=C1[Si](C)(C)Pc1ccccc1. The summed E-state index contributed by atoms with van der Waals surface area (Å²) in [5.41, 5.74) is 4.81. The van der Waals surface area contributed by atoms with E-state index in [1.165, 1.54) is 5.30 Å². The minimum atomic E-state index is -1.37. The zero-order chi connectivity index (χ0) is 14.2. The van der Waals surface area contributed by atoms with E-state index in [4.69, 9.17) is 0 Å². The van der Waals surface area contributed by atoms with E-state index in [2.05, 4.69) is 71.1 Å². The van der Waals surface area contributed by atoms with Crippen LogP contribution in [0.5, 0.6) is 0 Å². The molecule has 0 bridgehead atoms. The molecular weight excluding hydrogens is 263 g/mol. The summed E-state index contributed by atoms with van der Waals surface area (Å²) in [6, 6.07) is 11.0. The first kappa shape index (κ1) is 14.7. The van der Waals surface area contributed by atoms with Crippen molar-refractivity contribution in [1.29, 1.82) is 0 Å². The van der Waals surface area contributed by atoms with Gasteiger partial charge in [0.25, 0.3) is 0 Å². The van der Waals surface area contributed by atoms with E-state index in [1.807, 2.05) is 0 Å². The Balaban J connectivity index is 2.35. The Morgan fingerprint density at radius 1 is 0.947 bits per heavy atom. The van der Waals surface area contributed by atoms with E-state index in [0.29, 0.717) is 5.92 Å². The molecule has 0 saturated carbocycles. The predicted molar refractivity (Wildman–Crippen MR) is 92.1 cm³/mol. The van der Waals surface area contributed by atoms with E-state index >= 15 is 0 Å². The fraction of sp³-hybridized carbons (Fsp3) is 0.412. The smallest absolute Gasteiger partial charge is 0.0975 e. The second-order valence-corrected chi connectivity index (χ2v) is 15.3. The maximum Gasteiger partial charge on any atom is 0.108 e. The van der Waals surface area contributed by atoms with Gasteiger partial charge in [-0.3, -0.25) is 0 Å². The third-order valence-electron chi connectivity index (χ3n) is 4.52. The Kier molecular flexibility index (Phi) is 4.18. The van der Waals surface area contributed by atoms with Gasteiger partial charge in [-0.05, 0) is 32.0 Å². The van der Waals surface area contributed by atoms with Gasteiger partial charge in [-0.1, -0.05) is 80.4 Å². The Labute approximate surface area is 120 Å². The lowest BCUT2D eigenvalue weighted by Gasteiger charge is -2.27. The molecule has 0 spiro atoms. The number of benzene rings is 1. The van der Waals surface area contributed by atoms with Crippen LogP contribution in [0.15, 0.2) is 52.2 Å². The van der Waals surface area contributed by atoms with Crippen LogP contribution in [-0.2, 0) is 0 Å². The molecule has 0 N–H and O–H groups in total. The van der Waals surface area contributed by atoms with E-state index in [0.717, 1.165) is 8.13 Å². The third-order valence-corrected chi connectivity index (χ3v) is 11.3. The molecule has 0 fully saturated rings. The van der Waals surface area contributed by atoms with Gasteiger partial charge in [0.15, 0.2) is 0 Å². The van der Waals surface area contributed by atoms with Crippen molar-refractivity contribution in [3.05, 3.63) is 52.2 Å². The molecule has 2 unspecified atom stereocenters. The largest absolute Gasteiger partial charge is 0.108 e. The second-order valence-electron chi connectivity index (χ2n) is 6.20. The Morgan fingerprint density at radius 2 is 1.53 bits per heavy atom. The summed E-state index contributed by atoms with van der Waals surface area (Å²) in [5.74, 6) is 0.655. The van der Waals surface area contributed by atoms with E-state index in [-0.39, 0.29) is 0 Å². The first-order valence-electron chi connectivity index (χ1n) is 7.07. The summed E-state index contributed by atoms with van der Waals surface area (Å²) >= 11 is 0. The van der Waals surface area contributed by atoms with Gasteiger partial charge in [-0.15, -0.1) is 0 Å². The standard InChI is InChI=1S/C17H25PSi/c1-12-13(2)15(4)17(14(12)3)19(5,6)18-16-10-8-7-9-11-16/h7-12,18H,1-6H3. The molecule has 0 nitrogen and oxygen atoms in total. The fourth-order valence-electron chi connectivity index (χ4n) is 3.27. The summed E-state index contributed by atoms with van der Waals surface area (Å²) in [6.07, 6.45) is 0. The van der Waals surface area contributed by atoms with Gasteiger partial charge < -0.3 is 0 Å². The normalized spacial score (nSPS) is 21.1.